The fraction of sp³-hybridized carbons (Fsp3) is 0.846. The Bertz CT molecular complexity index is 291. The van der Waals surface area contributed by atoms with Gasteiger partial charge in [0.25, 0.3) is 0 Å². The Kier molecular flexibility index (Phi) is 2.37. The zero-order valence-corrected chi connectivity index (χ0v) is 9.43. The second kappa shape index (κ2) is 3.60. The van der Waals surface area contributed by atoms with Crippen LogP contribution in [-0.2, 0) is 4.74 Å². The Labute approximate surface area is 91.9 Å². The van der Waals surface area contributed by atoms with Crippen LogP contribution in [0.1, 0.15) is 51.4 Å². The molecule has 0 amide bonds. The number of nitrogens with two attached hydrogens (primary N) is 1. The topological polar surface area (TPSA) is 35.2 Å². The van der Waals surface area contributed by atoms with Crippen molar-refractivity contribution in [3.05, 3.63) is 11.1 Å². The summed E-state index contributed by atoms with van der Waals surface area (Å²) in [7, 11) is 0. The first-order chi connectivity index (χ1) is 7.27. The highest BCUT2D eigenvalue weighted by Gasteiger charge is 2.41. The molecular formula is C13H21NO. The van der Waals surface area contributed by atoms with E-state index in [1.807, 2.05) is 0 Å². The molecule has 2 aliphatic carbocycles. The van der Waals surface area contributed by atoms with Gasteiger partial charge in [0.05, 0.1) is 12.2 Å². The standard InChI is InChI=1S/C13H21NO/c14-12-3-2-10(8-12)11-4-7-15-13(9-11)5-1-6-13/h12H,1-9,14H2. The minimum Gasteiger partial charge on any atom is -0.374 e. The highest BCUT2D eigenvalue weighted by Crippen LogP contribution is 2.46. The molecule has 2 heteroatoms. The minimum atomic E-state index is 0.271. The smallest absolute Gasteiger partial charge is 0.0719 e. The Morgan fingerprint density at radius 1 is 1.20 bits per heavy atom. The van der Waals surface area contributed by atoms with Crippen molar-refractivity contribution in [1.82, 2.24) is 0 Å². The Morgan fingerprint density at radius 2 is 2.07 bits per heavy atom. The molecule has 2 N–H and O–H groups in total. The van der Waals surface area contributed by atoms with Gasteiger partial charge in [0.1, 0.15) is 0 Å². The summed E-state index contributed by atoms with van der Waals surface area (Å²) in [5, 5.41) is 0. The predicted octanol–water partition coefficient (Wildman–Crippen LogP) is 2.53. The van der Waals surface area contributed by atoms with Gasteiger partial charge in [0.15, 0.2) is 0 Å². The van der Waals surface area contributed by atoms with Gasteiger partial charge in [-0.3, -0.25) is 0 Å². The summed E-state index contributed by atoms with van der Waals surface area (Å²) in [5.74, 6) is 0. The zero-order valence-electron chi connectivity index (χ0n) is 9.43. The van der Waals surface area contributed by atoms with Gasteiger partial charge < -0.3 is 10.5 Å². The van der Waals surface area contributed by atoms with Crippen molar-refractivity contribution in [3.8, 4) is 0 Å². The fourth-order valence-electron chi connectivity index (χ4n) is 3.31. The Balaban J connectivity index is 1.75. The van der Waals surface area contributed by atoms with Crippen molar-refractivity contribution in [1.29, 1.82) is 0 Å². The van der Waals surface area contributed by atoms with Crippen LogP contribution in [0.5, 0.6) is 0 Å². The summed E-state index contributed by atoms with van der Waals surface area (Å²) in [6.45, 7) is 0.952. The number of ether oxygens (including phenoxy) is 1. The summed E-state index contributed by atoms with van der Waals surface area (Å²) >= 11 is 0. The average Bonchev–Trinajstić information content (AvgIpc) is 2.63. The quantitative estimate of drug-likeness (QED) is 0.619. The summed E-state index contributed by atoms with van der Waals surface area (Å²) in [6.07, 6.45) is 9.94. The van der Waals surface area contributed by atoms with Gasteiger partial charge in [-0.15, -0.1) is 0 Å². The van der Waals surface area contributed by atoms with Crippen molar-refractivity contribution < 1.29 is 4.74 Å². The Morgan fingerprint density at radius 3 is 2.67 bits per heavy atom. The van der Waals surface area contributed by atoms with Crippen LogP contribution in [0.2, 0.25) is 0 Å². The summed E-state index contributed by atoms with van der Waals surface area (Å²) in [5.41, 5.74) is 9.63. The molecule has 1 spiro atoms. The SMILES string of the molecule is NC1CCC(=C2CCOC3(CCC3)C2)C1. The molecule has 84 valence electrons. The largest absolute Gasteiger partial charge is 0.374 e. The molecule has 2 saturated carbocycles. The van der Waals surface area contributed by atoms with E-state index in [1.54, 1.807) is 11.1 Å². The van der Waals surface area contributed by atoms with Crippen molar-refractivity contribution in [2.24, 2.45) is 5.73 Å². The van der Waals surface area contributed by atoms with E-state index >= 15 is 0 Å². The first-order valence-corrected chi connectivity index (χ1v) is 6.37. The van der Waals surface area contributed by atoms with E-state index in [0.29, 0.717) is 6.04 Å². The van der Waals surface area contributed by atoms with Gasteiger partial charge >= 0.3 is 0 Å². The number of rotatable bonds is 0. The van der Waals surface area contributed by atoms with Crippen LogP contribution in [0.3, 0.4) is 0 Å². The molecule has 1 heterocycles. The van der Waals surface area contributed by atoms with Crippen LogP contribution < -0.4 is 5.73 Å². The molecule has 0 bridgehead atoms. The molecule has 0 aromatic carbocycles. The molecule has 1 aliphatic heterocycles. The van der Waals surface area contributed by atoms with E-state index in [9.17, 15) is 0 Å². The molecular weight excluding hydrogens is 186 g/mol. The van der Waals surface area contributed by atoms with Crippen molar-refractivity contribution in [2.45, 2.75) is 63.0 Å². The summed E-state index contributed by atoms with van der Waals surface area (Å²) in [6, 6.07) is 0.438. The van der Waals surface area contributed by atoms with Crippen LogP contribution >= 0.6 is 0 Å². The van der Waals surface area contributed by atoms with E-state index in [0.717, 1.165) is 13.0 Å². The lowest BCUT2D eigenvalue weighted by Crippen LogP contribution is -2.43. The Hall–Kier alpha value is -0.340. The van der Waals surface area contributed by atoms with E-state index < -0.39 is 0 Å². The third-order valence-corrected chi connectivity index (χ3v) is 4.44. The molecule has 0 aromatic rings. The average molecular weight is 207 g/mol. The predicted molar refractivity (Wildman–Crippen MR) is 60.6 cm³/mol. The van der Waals surface area contributed by atoms with E-state index in [2.05, 4.69) is 0 Å². The number of hydrogen-bond donors (Lipinski definition) is 1. The lowest BCUT2D eigenvalue weighted by Gasteiger charge is -2.45. The second-order valence-corrected chi connectivity index (χ2v) is 5.52. The first-order valence-electron chi connectivity index (χ1n) is 6.37. The maximum Gasteiger partial charge on any atom is 0.0719 e. The van der Waals surface area contributed by atoms with Crippen LogP contribution in [-0.4, -0.2) is 18.2 Å². The third-order valence-electron chi connectivity index (χ3n) is 4.44. The van der Waals surface area contributed by atoms with Crippen LogP contribution in [0.25, 0.3) is 0 Å². The maximum absolute atomic E-state index is 5.98. The van der Waals surface area contributed by atoms with Gasteiger partial charge in [-0.25, -0.2) is 0 Å². The van der Waals surface area contributed by atoms with Crippen molar-refractivity contribution in [3.63, 3.8) is 0 Å². The molecule has 3 aliphatic rings. The molecule has 3 fully saturated rings. The third kappa shape index (κ3) is 1.74. The molecule has 0 aromatic heterocycles. The summed E-state index contributed by atoms with van der Waals surface area (Å²) < 4.78 is 5.95. The van der Waals surface area contributed by atoms with Gasteiger partial charge in [0.2, 0.25) is 0 Å². The zero-order chi connectivity index (χ0) is 10.3. The van der Waals surface area contributed by atoms with Crippen LogP contribution in [0.15, 0.2) is 11.1 Å². The highest BCUT2D eigenvalue weighted by atomic mass is 16.5. The van der Waals surface area contributed by atoms with Crippen LogP contribution in [0, 0.1) is 0 Å². The van der Waals surface area contributed by atoms with E-state index in [1.165, 1.54) is 44.9 Å². The highest BCUT2D eigenvalue weighted by molar-refractivity contribution is 5.23. The first kappa shape index (κ1) is 9.86. The molecule has 2 nitrogen and oxygen atoms in total. The lowest BCUT2D eigenvalue weighted by molar-refractivity contribution is -0.113. The lowest BCUT2D eigenvalue weighted by atomic mass is 9.73. The molecule has 1 atom stereocenters. The monoisotopic (exact) mass is 207 g/mol. The fourth-order valence-corrected chi connectivity index (χ4v) is 3.31. The van der Waals surface area contributed by atoms with E-state index in [4.69, 9.17) is 10.5 Å². The maximum atomic E-state index is 5.98. The van der Waals surface area contributed by atoms with Crippen molar-refractivity contribution in [2.75, 3.05) is 6.61 Å². The second-order valence-electron chi connectivity index (χ2n) is 5.52. The molecule has 0 radical (unpaired) electrons. The van der Waals surface area contributed by atoms with Gasteiger partial charge in [-0.1, -0.05) is 11.1 Å². The minimum absolute atomic E-state index is 0.271. The van der Waals surface area contributed by atoms with Gasteiger partial charge in [-0.05, 0) is 51.4 Å². The van der Waals surface area contributed by atoms with Gasteiger partial charge in [0, 0.05) is 6.04 Å². The molecule has 3 rings (SSSR count). The molecule has 1 saturated heterocycles. The van der Waals surface area contributed by atoms with Crippen molar-refractivity contribution >= 4 is 0 Å². The van der Waals surface area contributed by atoms with E-state index in [-0.39, 0.29) is 5.60 Å². The molecule has 1 unspecified atom stereocenters. The molecule has 15 heavy (non-hydrogen) atoms. The summed E-state index contributed by atoms with van der Waals surface area (Å²) in [4.78, 5) is 0. The number of hydrogen-bond acceptors (Lipinski definition) is 2. The van der Waals surface area contributed by atoms with Crippen LogP contribution in [0.4, 0.5) is 0 Å². The normalized spacial score (nSPS) is 39.4. The van der Waals surface area contributed by atoms with Gasteiger partial charge in [-0.2, -0.15) is 0 Å².